The van der Waals surface area contributed by atoms with Gasteiger partial charge >= 0.3 is 0 Å². The van der Waals surface area contributed by atoms with Gasteiger partial charge in [0.15, 0.2) is 0 Å². The van der Waals surface area contributed by atoms with Crippen molar-refractivity contribution >= 4 is 17.7 Å². The van der Waals surface area contributed by atoms with Gasteiger partial charge in [-0.25, -0.2) is 9.97 Å². The van der Waals surface area contributed by atoms with Crippen molar-refractivity contribution in [3.63, 3.8) is 0 Å². The van der Waals surface area contributed by atoms with E-state index in [1.54, 1.807) is 6.92 Å². The maximum atomic E-state index is 13.5. The molecule has 0 saturated carbocycles. The Balaban J connectivity index is 1.16. The van der Waals surface area contributed by atoms with Gasteiger partial charge in [-0.3, -0.25) is 14.4 Å². The number of para-hydroxylation sites is 1. The third-order valence-corrected chi connectivity index (χ3v) is 9.49. The summed E-state index contributed by atoms with van der Waals surface area (Å²) in [5, 5.41) is 3.18. The molecule has 9 nitrogen and oxygen atoms in total. The molecule has 232 valence electrons. The largest absolute Gasteiger partial charge is 0.493 e. The average Bonchev–Trinajstić information content (AvgIpc) is 3.03. The SMILES string of the molecule is CC(=O)N1CCCC(c2nc(C)cc(CCC(=O)N3CCC4(CCCCc5ccccc5OCCCNC4=O)CC3)n2)C1. The second-order valence-electron chi connectivity index (χ2n) is 12.6. The Morgan fingerprint density at radius 1 is 1.02 bits per heavy atom. The molecule has 1 aromatic carbocycles. The summed E-state index contributed by atoms with van der Waals surface area (Å²) in [5.74, 6) is 2.22. The zero-order valence-electron chi connectivity index (χ0n) is 25.9. The molecule has 1 unspecified atom stereocenters. The highest BCUT2D eigenvalue weighted by molar-refractivity contribution is 5.83. The van der Waals surface area contributed by atoms with E-state index in [0.29, 0.717) is 58.5 Å². The Bertz CT molecular complexity index is 1290. The van der Waals surface area contributed by atoms with Crippen molar-refractivity contribution < 1.29 is 19.1 Å². The molecule has 1 spiro atoms. The van der Waals surface area contributed by atoms with Crippen LogP contribution in [0.15, 0.2) is 30.3 Å². The number of amides is 3. The molecule has 0 radical (unpaired) electrons. The van der Waals surface area contributed by atoms with Crippen molar-refractivity contribution in [1.82, 2.24) is 25.1 Å². The number of aryl methyl sites for hydroxylation is 3. The lowest BCUT2D eigenvalue weighted by atomic mass is 9.73. The lowest BCUT2D eigenvalue weighted by Crippen LogP contribution is -2.50. The molecule has 2 aromatic rings. The molecule has 4 heterocycles. The smallest absolute Gasteiger partial charge is 0.226 e. The second kappa shape index (κ2) is 14.3. The van der Waals surface area contributed by atoms with Crippen LogP contribution in [0.2, 0.25) is 0 Å². The van der Waals surface area contributed by atoms with E-state index in [0.717, 1.165) is 74.5 Å². The van der Waals surface area contributed by atoms with E-state index in [1.165, 1.54) is 5.56 Å². The maximum absolute atomic E-state index is 13.5. The molecule has 3 aliphatic rings. The molecular formula is C34H47N5O4. The van der Waals surface area contributed by atoms with Gasteiger partial charge in [0.25, 0.3) is 0 Å². The van der Waals surface area contributed by atoms with E-state index >= 15 is 0 Å². The second-order valence-corrected chi connectivity index (χ2v) is 12.6. The molecule has 3 amide bonds. The maximum Gasteiger partial charge on any atom is 0.226 e. The number of hydrogen-bond acceptors (Lipinski definition) is 6. The highest BCUT2D eigenvalue weighted by Gasteiger charge is 2.41. The van der Waals surface area contributed by atoms with E-state index in [9.17, 15) is 14.4 Å². The molecular weight excluding hydrogens is 542 g/mol. The highest BCUT2D eigenvalue weighted by Crippen LogP contribution is 2.38. The first-order chi connectivity index (χ1) is 20.8. The van der Waals surface area contributed by atoms with Gasteiger partial charge in [-0.1, -0.05) is 24.6 Å². The Labute approximate surface area is 255 Å². The van der Waals surface area contributed by atoms with Gasteiger partial charge in [0.05, 0.1) is 12.0 Å². The normalized spacial score (nSPS) is 21.4. The number of nitrogens with one attached hydrogen (secondary N) is 1. The molecule has 3 aliphatic heterocycles. The minimum absolute atomic E-state index is 0.0937. The van der Waals surface area contributed by atoms with Crippen LogP contribution in [0.5, 0.6) is 5.75 Å². The molecule has 1 aromatic heterocycles. The summed E-state index contributed by atoms with van der Waals surface area (Å²) in [6, 6.07) is 10.2. The standard InChI is InChI=1S/C34H47N5O4/c1-25-23-29(37-32(36-25)28-11-7-19-39(24-28)26(2)40)13-14-31(41)38-20-16-34(17-21-38)15-6-5-10-27-9-3-4-12-30(27)43-22-8-18-35-33(34)42/h3-4,9,12,23,28H,5-8,10-11,13-22,24H2,1-2H3,(H,35,42). The van der Waals surface area contributed by atoms with Gasteiger partial charge in [0.2, 0.25) is 17.7 Å². The number of piperidine rings is 2. The molecule has 2 saturated heterocycles. The highest BCUT2D eigenvalue weighted by atomic mass is 16.5. The molecule has 5 rings (SSSR count). The van der Waals surface area contributed by atoms with Crippen LogP contribution in [0.4, 0.5) is 0 Å². The quantitative estimate of drug-likeness (QED) is 0.568. The van der Waals surface area contributed by atoms with Crippen LogP contribution in [0.25, 0.3) is 0 Å². The van der Waals surface area contributed by atoms with Gasteiger partial charge in [-0.05, 0) is 82.4 Å². The van der Waals surface area contributed by atoms with E-state index in [4.69, 9.17) is 9.72 Å². The van der Waals surface area contributed by atoms with E-state index in [2.05, 4.69) is 22.4 Å². The number of aromatic nitrogens is 2. The number of rotatable bonds is 4. The summed E-state index contributed by atoms with van der Waals surface area (Å²) < 4.78 is 6.01. The molecule has 1 atom stereocenters. The minimum atomic E-state index is -0.419. The van der Waals surface area contributed by atoms with Crippen LogP contribution in [0, 0.1) is 12.3 Å². The summed E-state index contributed by atoms with van der Waals surface area (Å²) in [6.07, 6.45) is 8.78. The fourth-order valence-corrected chi connectivity index (χ4v) is 6.88. The molecule has 2 fully saturated rings. The summed E-state index contributed by atoms with van der Waals surface area (Å²) in [7, 11) is 0. The van der Waals surface area contributed by atoms with Crippen LogP contribution in [-0.2, 0) is 27.2 Å². The first-order valence-electron chi connectivity index (χ1n) is 16.2. The Hall–Kier alpha value is -3.49. The zero-order chi connectivity index (χ0) is 30.2. The molecule has 0 bridgehead atoms. The van der Waals surface area contributed by atoms with Crippen molar-refractivity contribution in [2.24, 2.45) is 5.41 Å². The van der Waals surface area contributed by atoms with Crippen molar-refractivity contribution in [2.45, 2.75) is 90.4 Å². The van der Waals surface area contributed by atoms with Crippen molar-refractivity contribution in [1.29, 1.82) is 0 Å². The fourth-order valence-electron chi connectivity index (χ4n) is 6.88. The molecule has 43 heavy (non-hydrogen) atoms. The van der Waals surface area contributed by atoms with Crippen molar-refractivity contribution in [3.8, 4) is 5.75 Å². The van der Waals surface area contributed by atoms with Crippen LogP contribution >= 0.6 is 0 Å². The number of fused-ring (bicyclic) bond motifs is 1. The Kier molecular flexibility index (Phi) is 10.3. The van der Waals surface area contributed by atoms with Crippen molar-refractivity contribution in [3.05, 3.63) is 53.1 Å². The number of nitrogens with zero attached hydrogens (tertiary/aromatic N) is 4. The van der Waals surface area contributed by atoms with E-state index in [-0.39, 0.29) is 23.6 Å². The van der Waals surface area contributed by atoms with Gasteiger partial charge in [-0.2, -0.15) is 0 Å². The number of hydrogen-bond donors (Lipinski definition) is 1. The predicted octanol–water partition coefficient (Wildman–Crippen LogP) is 4.36. The summed E-state index contributed by atoms with van der Waals surface area (Å²) >= 11 is 0. The Morgan fingerprint density at radius 3 is 2.65 bits per heavy atom. The molecule has 9 heteroatoms. The van der Waals surface area contributed by atoms with Crippen LogP contribution in [0.3, 0.4) is 0 Å². The third-order valence-electron chi connectivity index (χ3n) is 9.49. The number of carbonyl (C=O) groups is 3. The third kappa shape index (κ3) is 7.92. The topological polar surface area (TPSA) is 105 Å². The fraction of sp³-hybridized carbons (Fsp3) is 0.618. The lowest BCUT2D eigenvalue weighted by molar-refractivity contribution is -0.141. The summed E-state index contributed by atoms with van der Waals surface area (Å²) in [4.78, 5) is 52.0. The predicted molar refractivity (Wildman–Crippen MR) is 165 cm³/mol. The number of ether oxygens (including phenoxy) is 1. The summed E-state index contributed by atoms with van der Waals surface area (Å²) in [5.41, 5.74) is 2.59. The minimum Gasteiger partial charge on any atom is -0.493 e. The molecule has 0 aliphatic carbocycles. The number of benzene rings is 1. The number of likely N-dealkylation sites (tertiary alicyclic amines) is 2. The average molecular weight is 590 g/mol. The van der Waals surface area contributed by atoms with Crippen LogP contribution < -0.4 is 10.1 Å². The Morgan fingerprint density at radius 2 is 1.84 bits per heavy atom. The first-order valence-corrected chi connectivity index (χ1v) is 16.2. The monoisotopic (exact) mass is 589 g/mol. The number of carbonyl (C=O) groups excluding carboxylic acids is 3. The van der Waals surface area contributed by atoms with Gasteiger partial charge in [-0.15, -0.1) is 0 Å². The van der Waals surface area contributed by atoms with Crippen LogP contribution in [-0.4, -0.2) is 76.8 Å². The van der Waals surface area contributed by atoms with Gasteiger partial charge < -0.3 is 19.9 Å². The van der Waals surface area contributed by atoms with Gasteiger partial charge in [0, 0.05) is 63.4 Å². The van der Waals surface area contributed by atoms with Crippen molar-refractivity contribution in [2.75, 3.05) is 39.3 Å². The van der Waals surface area contributed by atoms with E-state index < -0.39 is 5.41 Å². The lowest BCUT2D eigenvalue weighted by Gasteiger charge is -2.41. The first kappa shape index (κ1) is 31.0. The van der Waals surface area contributed by atoms with E-state index in [1.807, 2.05) is 34.9 Å². The van der Waals surface area contributed by atoms with Gasteiger partial charge in [0.1, 0.15) is 11.6 Å². The molecule has 1 N–H and O–H groups in total. The zero-order valence-corrected chi connectivity index (χ0v) is 25.9. The van der Waals surface area contributed by atoms with Crippen LogP contribution in [0.1, 0.15) is 93.4 Å². The summed E-state index contributed by atoms with van der Waals surface area (Å²) in [6.45, 7) is 7.42.